The fourth-order valence-corrected chi connectivity index (χ4v) is 5.53. The number of hydrogen-bond donors (Lipinski definition) is 0. The Hall–Kier alpha value is -0.790. The van der Waals surface area contributed by atoms with Crippen LogP contribution in [-0.4, -0.2) is 11.6 Å². The first-order valence-corrected chi connectivity index (χ1v) is 8.18. The molecule has 0 unspecified atom stereocenters. The Bertz CT molecular complexity index is 388. The molecular formula is C18H28O2. The summed E-state index contributed by atoms with van der Waals surface area (Å²) in [4.78, 5) is 12.0. The lowest BCUT2D eigenvalue weighted by molar-refractivity contribution is -0.214. The van der Waals surface area contributed by atoms with E-state index in [1.807, 2.05) is 0 Å². The molecule has 2 nitrogen and oxygen atoms in total. The van der Waals surface area contributed by atoms with Crippen molar-refractivity contribution in [1.82, 2.24) is 0 Å². The zero-order chi connectivity index (χ0) is 14.5. The molecule has 4 fully saturated rings. The Morgan fingerprint density at radius 3 is 2.05 bits per heavy atom. The molecule has 0 amide bonds. The van der Waals surface area contributed by atoms with Crippen molar-refractivity contribution in [3.63, 3.8) is 0 Å². The SMILES string of the molecule is C=CC(=O)OC1(CC(C)(C)C)C2CC3CC(C2)CC1C3. The van der Waals surface area contributed by atoms with Crippen molar-refractivity contribution in [2.24, 2.45) is 29.1 Å². The molecule has 0 aromatic heterocycles. The molecule has 0 aliphatic heterocycles. The summed E-state index contributed by atoms with van der Waals surface area (Å²) in [5, 5.41) is 0. The highest BCUT2D eigenvalue weighted by Crippen LogP contribution is 2.62. The van der Waals surface area contributed by atoms with Crippen molar-refractivity contribution in [2.75, 3.05) is 0 Å². The smallest absolute Gasteiger partial charge is 0.330 e. The van der Waals surface area contributed by atoms with Crippen LogP contribution in [0.1, 0.15) is 59.3 Å². The van der Waals surface area contributed by atoms with E-state index in [1.54, 1.807) is 0 Å². The summed E-state index contributed by atoms with van der Waals surface area (Å²) in [6, 6.07) is 0. The Morgan fingerprint density at radius 1 is 1.15 bits per heavy atom. The lowest BCUT2D eigenvalue weighted by Crippen LogP contribution is -2.60. The molecule has 4 bridgehead atoms. The summed E-state index contributed by atoms with van der Waals surface area (Å²) < 4.78 is 6.08. The largest absolute Gasteiger partial charge is 0.455 e. The zero-order valence-electron chi connectivity index (χ0n) is 13.2. The molecule has 4 saturated carbocycles. The molecule has 0 heterocycles. The van der Waals surface area contributed by atoms with E-state index in [1.165, 1.54) is 38.2 Å². The Labute approximate surface area is 123 Å². The van der Waals surface area contributed by atoms with Crippen molar-refractivity contribution in [2.45, 2.75) is 64.9 Å². The van der Waals surface area contributed by atoms with Gasteiger partial charge in [-0.2, -0.15) is 0 Å². The van der Waals surface area contributed by atoms with Gasteiger partial charge in [0.25, 0.3) is 0 Å². The standard InChI is InChI=1S/C18H28O2/c1-5-16(19)20-18(11-17(2,3)4)14-7-12-6-13(9-14)10-15(18)8-12/h5,12-15H,1,6-11H2,2-4H3. The van der Waals surface area contributed by atoms with Crippen LogP contribution in [0.4, 0.5) is 0 Å². The minimum Gasteiger partial charge on any atom is -0.455 e. The Kier molecular flexibility index (Phi) is 3.26. The van der Waals surface area contributed by atoms with E-state index >= 15 is 0 Å². The van der Waals surface area contributed by atoms with Crippen LogP contribution < -0.4 is 0 Å². The third-order valence-electron chi connectivity index (χ3n) is 5.78. The average molecular weight is 276 g/mol. The molecule has 112 valence electrons. The molecule has 4 rings (SSSR count). The second kappa shape index (κ2) is 4.61. The molecule has 0 spiro atoms. The van der Waals surface area contributed by atoms with E-state index in [4.69, 9.17) is 4.74 Å². The minimum absolute atomic E-state index is 0.191. The summed E-state index contributed by atoms with van der Waals surface area (Å²) >= 11 is 0. The topological polar surface area (TPSA) is 26.3 Å². The van der Waals surface area contributed by atoms with Crippen molar-refractivity contribution < 1.29 is 9.53 Å². The highest BCUT2D eigenvalue weighted by molar-refractivity contribution is 5.81. The first kappa shape index (κ1) is 14.2. The van der Waals surface area contributed by atoms with E-state index < -0.39 is 0 Å². The van der Waals surface area contributed by atoms with Crippen LogP contribution >= 0.6 is 0 Å². The van der Waals surface area contributed by atoms with Crippen molar-refractivity contribution in [3.8, 4) is 0 Å². The summed E-state index contributed by atoms with van der Waals surface area (Å²) in [6.07, 6.45) is 8.85. The zero-order valence-corrected chi connectivity index (χ0v) is 13.2. The normalized spacial score (nSPS) is 42.5. The number of hydrogen-bond acceptors (Lipinski definition) is 2. The maximum Gasteiger partial charge on any atom is 0.330 e. The molecule has 2 heteroatoms. The van der Waals surface area contributed by atoms with Gasteiger partial charge in [0, 0.05) is 6.08 Å². The second-order valence-corrected chi connectivity index (χ2v) is 8.62. The van der Waals surface area contributed by atoms with Crippen LogP contribution in [0.25, 0.3) is 0 Å². The highest BCUT2D eigenvalue weighted by Gasteiger charge is 2.60. The predicted octanol–water partition coefficient (Wildman–Crippen LogP) is 4.35. The highest BCUT2D eigenvalue weighted by atomic mass is 16.6. The van der Waals surface area contributed by atoms with Crippen LogP contribution in [0.5, 0.6) is 0 Å². The third-order valence-corrected chi connectivity index (χ3v) is 5.78. The maximum absolute atomic E-state index is 12.0. The molecule has 4 aliphatic carbocycles. The molecule has 4 aliphatic rings. The first-order chi connectivity index (χ1) is 9.32. The number of rotatable bonds is 3. The van der Waals surface area contributed by atoms with Gasteiger partial charge in [0.15, 0.2) is 0 Å². The van der Waals surface area contributed by atoms with E-state index in [2.05, 4.69) is 27.4 Å². The Balaban J connectivity index is 1.92. The van der Waals surface area contributed by atoms with Gasteiger partial charge >= 0.3 is 5.97 Å². The summed E-state index contributed by atoms with van der Waals surface area (Å²) in [7, 11) is 0. The van der Waals surface area contributed by atoms with Crippen molar-refractivity contribution >= 4 is 5.97 Å². The van der Waals surface area contributed by atoms with E-state index in [9.17, 15) is 4.79 Å². The van der Waals surface area contributed by atoms with E-state index in [0.717, 1.165) is 18.3 Å². The second-order valence-electron chi connectivity index (χ2n) is 8.62. The van der Waals surface area contributed by atoms with Gasteiger partial charge in [0.05, 0.1) is 0 Å². The van der Waals surface area contributed by atoms with Gasteiger partial charge < -0.3 is 4.74 Å². The summed E-state index contributed by atoms with van der Waals surface area (Å²) in [5.74, 6) is 2.74. The number of carbonyl (C=O) groups is 1. The molecule has 0 aromatic carbocycles. The van der Waals surface area contributed by atoms with Crippen molar-refractivity contribution in [1.29, 1.82) is 0 Å². The number of esters is 1. The lowest BCUT2D eigenvalue weighted by Gasteiger charge is -2.61. The van der Waals surface area contributed by atoms with Crippen LogP contribution in [0.15, 0.2) is 12.7 Å². The lowest BCUT2D eigenvalue weighted by atomic mass is 9.48. The number of ether oxygens (including phenoxy) is 1. The molecule has 0 N–H and O–H groups in total. The van der Waals surface area contributed by atoms with Gasteiger partial charge in [-0.05, 0) is 67.6 Å². The first-order valence-electron chi connectivity index (χ1n) is 8.18. The summed E-state index contributed by atoms with van der Waals surface area (Å²) in [6.45, 7) is 10.4. The van der Waals surface area contributed by atoms with Gasteiger partial charge in [0.1, 0.15) is 5.60 Å². The van der Waals surface area contributed by atoms with E-state index in [-0.39, 0.29) is 17.0 Å². The molecule has 0 atom stereocenters. The van der Waals surface area contributed by atoms with Crippen LogP contribution in [0, 0.1) is 29.1 Å². The van der Waals surface area contributed by atoms with E-state index in [0.29, 0.717) is 11.8 Å². The maximum atomic E-state index is 12.0. The summed E-state index contributed by atoms with van der Waals surface area (Å²) in [5.41, 5.74) is -0.0201. The van der Waals surface area contributed by atoms with Crippen LogP contribution in [-0.2, 0) is 9.53 Å². The Morgan fingerprint density at radius 2 is 1.65 bits per heavy atom. The van der Waals surface area contributed by atoms with Gasteiger partial charge in [-0.1, -0.05) is 27.4 Å². The van der Waals surface area contributed by atoms with Gasteiger partial charge in [-0.15, -0.1) is 0 Å². The minimum atomic E-state index is -0.221. The van der Waals surface area contributed by atoms with Crippen molar-refractivity contribution in [3.05, 3.63) is 12.7 Å². The molecule has 0 saturated heterocycles. The molecule has 0 aromatic rings. The van der Waals surface area contributed by atoms with Crippen LogP contribution in [0.3, 0.4) is 0 Å². The fraction of sp³-hybridized carbons (Fsp3) is 0.833. The third kappa shape index (κ3) is 2.31. The number of carbonyl (C=O) groups excluding carboxylic acids is 1. The molecular weight excluding hydrogens is 248 g/mol. The molecule has 0 radical (unpaired) electrons. The average Bonchev–Trinajstić information content (AvgIpc) is 2.33. The predicted molar refractivity (Wildman–Crippen MR) is 80.1 cm³/mol. The fourth-order valence-electron chi connectivity index (χ4n) is 5.53. The van der Waals surface area contributed by atoms with Gasteiger partial charge in [0.2, 0.25) is 0 Å². The monoisotopic (exact) mass is 276 g/mol. The van der Waals surface area contributed by atoms with Gasteiger partial charge in [-0.3, -0.25) is 0 Å². The molecule has 20 heavy (non-hydrogen) atoms. The van der Waals surface area contributed by atoms with Gasteiger partial charge in [-0.25, -0.2) is 4.79 Å². The van der Waals surface area contributed by atoms with Crippen LogP contribution in [0.2, 0.25) is 0 Å². The quantitative estimate of drug-likeness (QED) is 0.566.